The maximum atomic E-state index is 13.2. The van der Waals surface area contributed by atoms with E-state index in [4.69, 9.17) is 0 Å². The van der Waals surface area contributed by atoms with Crippen LogP contribution in [-0.4, -0.2) is 0 Å². The van der Waals surface area contributed by atoms with E-state index in [1.165, 1.54) is 6.07 Å². The van der Waals surface area contributed by atoms with Crippen molar-refractivity contribution >= 4 is 0 Å². The molecule has 0 aliphatic heterocycles. The molecule has 14 heavy (non-hydrogen) atoms. The average Bonchev–Trinajstić information content (AvgIpc) is 2.13. The van der Waals surface area contributed by atoms with Gasteiger partial charge in [0.05, 0.1) is 0 Å². The van der Waals surface area contributed by atoms with Crippen LogP contribution >= 0.6 is 0 Å². The molecule has 1 aromatic rings. The normalized spacial score (nSPS) is 11.7. The van der Waals surface area contributed by atoms with Gasteiger partial charge in [-0.2, -0.15) is 0 Å². The van der Waals surface area contributed by atoms with Gasteiger partial charge in [0.15, 0.2) is 11.6 Å². The first-order chi connectivity index (χ1) is 6.65. The van der Waals surface area contributed by atoms with Crippen LogP contribution in [0.15, 0.2) is 18.2 Å². The summed E-state index contributed by atoms with van der Waals surface area (Å²) >= 11 is 0. The Bertz CT molecular complexity index is 372. The van der Waals surface area contributed by atoms with Crippen molar-refractivity contribution in [2.45, 2.75) is 20.3 Å². The molecule has 0 nitrogen and oxygen atoms in total. The number of hydrogen-bond donors (Lipinski definition) is 0. The van der Waals surface area contributed by atoms with E-state index in [0.717, 1.165) is 6.07 Å². The quantitative estimate of drug-likeness (QED) is 0.634. The zero-order chi connectivity index (χ0) is 10.6. The van der Waals surface area contributed by atoms with E-state index in [1.54, 1.807) is 13.0 Å². The van der Waals surface area contributed by atoms with Gasteiger partial charge >= 0.3 is 0 Å². The molecule has 0 saturated heterocycles. The molecule has 0 amide bonds. The lowest BCUT2D eigenvalue weighted by Crippen LogP contribution is -2.00. The van der Waals surface area contributed by atoms with Crippen molar-refractivity contribution in [2.24, 2.45) is 5.92 Å². The third kappa shape index (κ3) is 2.56. The fraction of sp³-hybridized carbons (Fsp3) is 0.333. The van der Waals surface area contributed by atoms with Gasteiger partial charge in [0.1, 0.15) is 0 Å². The van der Waals surface area contributed by atoms with Gasteiger partial charge in [-0.25, -0.2) is 8.78 Å². The van der Waals surface area contributed by atoms with E-state index < -0.39 is 11.6 Å². The number of rotatable bonds is 2. The molecular formula is C12H12F2. The molecule has 0 saturated carbocycles. The highest BCUT2D eigenvalue weighted by atomic mass is 19.2. The molecule has 1 rings (SSSR count). The molecule has 0 radical (unpaired) electrons. The van der Waals surface area contributed by atoms with Gasteiger partial charge in [0.2, 0.25) is 0 Å². The van der Waals surface area contributed by atoms with Crippen LogP contribution in [0.5, 0.6) is 0 Å². The summed E-state index contributed by atoms with van der Waals surface area (Å²) in [5.74, 6) is 4.16. The van der Waals surface area contributed by atoms with Gasteiger partial charge in [-0.05, 0) is 25.0 Å². The molecule has 2 heteroatoms. The fourth-order valence-electron chi connectivity index (χ4n) is 1.33. The lowest BCUT2D eigenvalue weighted by Gasteiger charge is -2.05. The minimum Gasteiger partial charge on any atom is -0.204 e. The lowest BCUT2D eigenvalue weighted by atomic mass is 10.0. The fourth-order valence-corrected chi connectivity index (χ4v) is 1.33. The molecule has 1 atom stereocenters. The smallest absolute Gasteiger partial charge is 0.162 e. The van der Waals surface area contributed by atoms with Crippen molar-refractivity contribution in [1.29, 1.82) is 0 Å². The maximum Gasteiger partial charge on any atom is 0.162 e. The van der Waals surface area contributed by atoms with Gasteiger partial charge < -0.3 is 0 Å². The summed E-state index contributed by atoms with van der Waals surface area (Å²) in [5.41, 5.74) is 0.389. The summed E-state index contributed by atoms with van der Waals surface area (Å²) in [5, 5.41) is 0. The lowest BCUT2D eigenvalue weighted by molar-refractivity contribution is 0.494. The van der Waals surface area contributed by atoms with E-state index >= 15 is 0 Å². The predicted octanol–water partition coefficient (Wildman–Crippen LogP) is 3.17. The van der Waals surface area contributed by atoms with Crippen LogP contribution in [0, 0.1) is 29.4 Å². The third-order valence-electron chi connectivity index (χ3n) is 1.95. The van der Waals surface area contributed by atoms with Crippen LogP contribution < -0.4 is 0 Å². The third-order valence-corrected chi connectivity index (χ3v) is 1.95. The van der Waals surface area contributed by atoms with E-state index in [1.807, 2.05) is 6.92 Å². The minimum absolute atomic E-state index is 0.0521. The highest BCUT2D eigenvalue weighted by Crippen LogP contribution is 2.15. The first-order valence-electron chi connectivity index (χ1n) is 4.50. The summed E-state index contributed by atoms with van der Waals surface area (Å²) < 4.78 is 26.0. The van der Waals surface area contributed by atoms with Gasteiger partial charge in [0, 0.05) is 5.92 Å². The summed E-state index contributed by atoms with van der Waals surface area (Å²) in [6.45, 7) is 3.62. The largest absolute Gasteiger partial charge is 0.204 e. The van der Waals surface area contributed by atoms with E-state index in [2.05, 4.69) is 11.8 Å². The molecule has 0 heterocycles. The molecule has 0 aliphatic rings. The Morgan fingerprint density at radius 3 is 2.71 bits per heavy atom. The Kier molecular flexibility index (Phi) is 3.64. The van der Waals surface area contributed by atoms with E-state index in [9.17, 15) is 8.78 Å². The minimum atomic E-state index is -0.792. The van der Waals surface area contributed by atoms with Gasteiger partial charge in [0.25, 0.3) is 0 Å². The van der Waals surface area contributed by atoms with Crippen LogP contribution in [0.2, 0.25) is 0 Å². The van der Waals surface area contributed by atoms with Crippen LogP contribution in [0.4, 0.5) is 8.78 Å². The summed E-state index contributed by atoms with van der Waals surface area (Å²) in [6.07, 6.45) is 0.449. The number of hydrogen-bond acceptors (Lipinski definition) is 0. The highest BCUT2D eigenvalue weighted by Gasteiger charge is 2.09. The van der Waals surface area contributed by atoms with E-state index in [-0.39, 0.29) is 5.92 Å². The first-order valence-corrected chi connectivity index (χ1v) is 4.50. The molecule has 1 aromatic carbocycles. The standard InChI is InChI=1S/C12H12F2/c1-3-5-9(2)8-10-6-4-7-11(13)12(10)14/h4,6-7,9H,8H2,1-2H3. The van der Waals surface area contributed by atoms with Crippen molar-refractivity contribution in [2.75, 3.05) is 0 Å². The Balaban J connectivity index is 2.85. The average molecular weight is 194 g/mol. The summed E-state index contributed by atoms with van der Waals surface area (Å²) in [6, 6.07) is 4.22. The van der Waals surface area contributed by atoms with Gasteiger partial charge in [-0.3, -0.25) is 0 Å². The second kappa shape index (κ2) is 4.76. The Hall–Kier alpha value is -1.36. The number of halogens is 2. The molecule has 0 bridgehead atoms. The second-order valence-corrected chi connectivity index (χ2v) is 3.21. The van der Waals surface area contributed by atoms with Crippen LogP contribution in [0.25, 0.3) is 0 Å². The first kappa shape index (κ1) is 10.7. The summed E-state index contributed by atoms with van der Waals surface area (Å²) in [4.78, 5) is 0. The van der Waals surface area contributed by atoms with Crippen LogP contribution in [-0.2, 0) is 6.42 Å². The molecule has 0 aromatic heterocycles. The number of benzene rings is 1. The molecular weight excluding hydrogens is 182 g/mol. The zero-order valence-electron chi connectivity index (χ0n) is 8.27. The Morgan fingerprint density at radius 1 is 1.36 bits per heavy atom. The van der Waals surface area contributed by atoms with Gasteiger partial charge in [-0.15, -0.1) is 11.8 Å². The topological polar surface area (TPSA) is 0 Å². The Labute approximate surface area is 83.0 Å². The SMILES string of the molecule is CC#CC(C)Cc1cccc(F)c1F. The molecule has 74 valence electrons. The molecule has 0 N–H and O–H groups in total. The Morgan fingerprint density at radius 2 is 2.07 bits per heavy atom. The molecule has 0 fully saturated rings. The van der Waals surface area contributed by atoms with Crippen LogP contribution in [0.3, 0.4) is 0 Å². The van der Waals surface area contributed by atoms with Crippen molar-refractivity contribution in [3.63, 3.8) is 0 Å². The van der Waals surface area contributed by atoms with E-state index in [0.29, 0.717) is 12.0 Å². The second-order valence-electron chi connectivity index (χ2n) is 3.21. The van der Waals surface area contributed by atoms with Crippen molar-refractivity contribution in [1.82, 2.24) is 0 Å². The van der Waals surface area contributed by atoms with Crippen molar-refractivity contribution in [3.05, 3.63) is 35.4 Å². The molecule has 0 spiro atoms. The maximum absolute atomic E-state index is 13.2. The van der Waals surface area contributed by atoms with Crippen LogP contribution in [0.1, 0.15) is 19.4 Å². The zero-order valence-corrected chi connectivity index (χ0v) is 8.27. The predicted molar refractivity (Wildman–Crippen MR) is 52.7 cm³/mol. The summed E-state index contributed by atoms with van der Waals surface area (Å²) in [7, 11) is 0. The van der Waals surface area contributed by atoms with Crippen molar-refractivity contribution < 1.29 is 8.78 Å². The highest BCUT2D eigenvalue weighted by molar-refractivity contribution is 5.21. The molecule has 1 unspecified atom stereocenters. The van der Waals surface area contributed by atoms with Gasteiger partial charge in [-0.1, -0.05) is 19.1 Å². The molecule has 0 aliphatic carbocycles. The monoisotopic (exact) mass is 194 g/mol. The van der Waals surface area contributed by atoms with Crippen molar-refractivity contribution in [3.8, 4) is 11.8 Å².